The van der Waals surface area contributed by atoms with Crippen molar-refractivity contribution >= 4 is 21.7 Å². The van der Waals surface area contributed by atoms with Gasteiger partial charge in [-0.25, -0.2) is 8.42 Å². The van der Waals surface area contributed by atoms with Gasteiger partial charge >= 0.3 is 5.97 Å². The maximum absolute atomic E-state index is 12.2. The summed E-state index contributed by atoms with van der Waals surface area (Å²) in [6.07, 6.45) is 3.88. The van der Waals surface area contributed by atoms with Crippen LogP contribution in [0.15, 0.2) is 0 Å². The Bertz CT molecular complexity index is 445. The van der Waals surface area contributed by atoms with Gasteiger partial charge in [-0.2, -0.15) is 0 Å². The molecule has 1 amide bonds. The third-order valence-electron chi connectivity index (χ3n) is 3.57. The van der Waals surface area contributed by atoms with E-state index in [1.807, 2.05) is 0 Å². The van der Waals surface area contributed by atoms with Crippen molar-refractivity contribution < 1.29 is 23.1 Å². The second kappa shape index (κ2) is 6.36. The first-order valence-electron chi connectivity index (χ1n) is 6.38. The fourth-order valence-corrected chi connectivity index (χ4v) is 3.02. The number of amides is 1. The van der Waals surface area contributed by atoms with Crippen molar-refractivity contribution in [2.45, 2.75) is 25.7 Å². The molecule has 0 spiro atoms. The third kappa shape index (κ3) is 4.81. The van der Waals surface area contributed by atoms with Gasteiger partial charge < -0.3 is 10.0 Å². The minimum atomic E-state index is -3.12. The van der Waals surface area contributed by atoms with Gasteiger partial charge in [0.05, 0.1) is 17.6 Å². The topological polar surface area (TPSA) is 91.8 Å². The first-order valence-corrected chi connectivity index (χ1v) is 8.44. The molecule has 110 valence electrons. The largest absolute Gasteiger partial charge is 0.481 e. The zero-order valence-electron chi connectivity index (χ0n) is 11.3. The third-order valence-corrected chi connectivity index (χ3v) is 4.50. The number of carboxylic acids is 1. The van der Waals surface area contributed by atoms with Crippen LogP contribution in [0, 0.1) is 11.8 Å². The van der Waals surface area contributed by atoms with Gasteiger partial charge in [0.15, 0.2) is 0 Å². The predicted octanol–water partition coefficient (Wildman–Crippen LogP) is 0.380. The number of sulfone groups is 1. The van der Waals surface area contributed by atoms with Gasteiger partial charge in [-0.15, -0.1) is 0 Å². The van der Waals surface area contributed by atoms with Gasteiger partial charge in [-0.05, 0) is 12.8 Å². The highest BCUT2D eigenvalue weighted by molar-refractivity contribution is 7.90. The van der Waals surface area contributed by atoms with Crippen LogP contribution >= 0.6 is 0 Å². The van der Waals surface area contributed by atoms with E-state index in [9.17, 15) is 18.0 Å². The Kier molecular flexibility index (Phi) is 5.34. The zero-order chi connectivity index (χ0) is 14.6. The van der Waals surface area contributed by atoms with Crippen LogP contribution in [-0.2, 0) is 19.4 Å². The Morgan fingerprint density at radius 3 is 2.21 bits per heavy atom. The van der Waals surface area contributed by atoms with Crippen LogP contribution in [0.25, 0.3) is 0 Å². The molecule has 0 radical (unpaired) electrons. The summed E-state index contributed by atoms with van der Waals surface area (Å²) in [5.41, 5.74) is 0. The van der Waals surface area contributed by atoms with Crippen molar-refractivity contribution in [2.75, 3.05) is 25.6 Å². The summed E-state index contributed by atoms with van der Waals surface area (Å²) in [6, 6.07) is 0. The molecule has 0 saturated heterocycles. The number of aliphatic carboxylic acids is 1. The van der Waals surface area contributed by atoms with Crippen LogP contribution in [0.5, 0.6) is 0 Å². The quantitative estimate of drug-likeness (QED) is 0.790. The lowest BCUT2D eigenvalue weighted by Crippen LogP contribution is -2.42. The van der Waals surface area contributed by atoms with Gasteiger partial charge in [0.2, 0.25) is 5.91 Å². The molecule has 0 aromatic rings. The maximum atomic E-state index is 12.2. The average molecular weight is 291 g/mol. The van der Waals surface area contributed by atoms with Crippen molar-refractivity contribution in [1.29, 1.82) is 0 Å². The Labute approximate surface area is 113 Å². The van der Waals surface area contributed by atoms with E-state index >= 15 is 0 Å². The average Bonchev–Trinajstić information content (AvgIpc) is 2.34. The lowest BCUT2D eigenvalue weighted by molar-refractivity contribution is -0.151. The van der Waals surface area contributed by atoms with E-state index in [1.54, 1.807) is 0 Å². The molecule has 1 N–H and O–H groups in total. The summed E-state index contributed by atoms with van der Waals surface area (Å²) >= 11 is 0. The fourth-order valence-electron chi connectivity index (χ4n) is 2.42. The molecule has 0 aliphatic heterocycles. The first-order chi connectivity index (χ1) is 8.72. The van der Waals surface area contributed by atoms with Crippen molar-refractivity contribution in [3.05, 3.63) is 0 Å². The minimum Gasteiger partial charge on any atom is -0.481 e. The molecule has 1 saturated carbocycles. The number of nitrogens with zero attached hydrogens (tertiary/aromatic N) is 1. The molecule has 7 heteroatoms. The standard InChI is InChI=1S/C12H21NO5S/c1-13(7-8-19(2,17)18)11(14)9-5-3-4-6-10(9)12(15)16/h9-10H,3-8H2,1-2H3,(H,15,16). The van der Waals surface area contributed by atoms with E-state index in [1.165, 1.54) is 11.9 Å². The van der Waals surface area contributed by atoms with Crippen molar-refractivity contribution in [3.8, 4) is 0 Å². The van der Waals surface area contributed by atoms with Crippen LogP contribution in [0.4, 0.5) is 0 Å². The lowest BCUT2D eigenvalue weighted by atomic mass is 9.78. The molecular formula is C12H21NO5S. The molecule has 0 heterocycles. The monoisotopic (exact) mass is 291 g/mol. The number of carbonyl (C=O) groups is 2. The Balaban J connectivity index is 2.66. The summed E-state index contributed by atoms with van der Waals surface area (Å²) in [5, 5.41) is 9.13. The zero-order valence-corrected chi connectivity index (χ0v) is 12.1. The summed E-state index contributed by atoms with van der Waals surface area (Å²) < 4.78 is 22.2. The van der Waals surface area contributed by atoms with E-state index in [0.717, 1.165) is 19.1 Å². The summed E-state index contributed by atoms with van der Waals surface area (Å²) in [5.74, 6) is -2.44. The lowest BCUT2D eigenvalue weighted by Gasteiger charge is -2.30. The fraction of sp³-hybridized carbons (Fsp3) is 0.833. The molecule has 1 aliphatic rings. The Morgan fingerprint density at radius 1 is 1.21 bits per heavy atom. The summed E-state index contributed by atoms with van der Waals surface area (Å²) in [7, 11) is -1.59. The number of carbonyl (C=O) groups excluding carboxylic acids is 1. The highest BCUT2D eigenvalue weighted by Crippen LogP contribution is 2.31. The van der Waals surface area contributed by atoms with Crippen LogP contribution in [-0.4, -0.2) is 55.9 Å². The number of hydrogen-bond acceptors (Lipinski definition) is 4. The second-order valence-corrected chi connectivity index (χ2v) is 7.49. The van der Waals surface area contributed by atoms with Crippen molar-refractivity contribution in [2.24, 2.45) is 11.8 Å². The highest BCUT2D eigenvalue weighted by atomic mass is 32.2. The molecule has 2 unspecified atom stereocenters. The molecule has 0 aromatic heterocycles. The van der Waals surface area contributed by atoms with Gasteiger partial charge in [0.1, 0.15) is 9.84 Å². The molecule has 2 atom stereocenters. The van der Waals surface area contributed by atoms with Crippen LogP contribution in [0.3, 0.4) is 0 Å². The Morgan fingerprint density at radius 2 is 1.74 bits per heavy atom. The van der Waals surface area contributed by atoms with E-state index < -0.39 is 27.6 Å². The molecule has 0 aromatic carbocycles. The Hall–Kier alpha value is -1.11. The van der Waals surface area contributed by atoms with Crippen LogP contribution in [0.2, 0.25) is 0 Å². The summed E-state index contributed by atoms with van der Waals surface area (Å²) in [6.45, 7) is 0.112. The minimum absolute atomic E-state index is 0.0975. The molecular weight excluding hydrogens is 270 g/mol. The van der Waals surface area contributed by atoms with E-state index in [-0.39, 0.29) is 18.2 Å². The number of carboxylic acid groups (broad SMARTS) is 1. The maximum Gasteiger partial charge on any atom is 0.307 e. The van der Waals surface area contributed by atoms with Crippen molar-refractivity contribution in [1.82, 2.24) is 4.90 Å². The van der Waals surface area contributed by atoms with Crippen LogP contribution in [0.1, 0.15) is 25.7 Å². The highest BCUT2D eigenvalue weighted by Gasteiger charge is 2.37. The van der Waals surface area contributed by atoms with Gasteiger partial charge in [-0.3, -0.25) is 9.59 Å². The van der Waals surface area contributed by atoms with Crippen LogP contribution < -0.4 is 0 Å². The molecule has 19 heavy (non-hydrogen) atoms. The van der Waals surface area contributed by atoms with E-state index in [0.29, 0.717) is 12.8 Å². The molecule has 6 nitrogen and oxygen atoms in total. The molecule has 0 bridgehead atoms. The van der Waals surface area contributed by atoms with Crippen molar-refractivity contribution in [3.63, 3.8) is 0 Å². The van der Waals surface area contributed by atoms with Gasteiger partial charge in [-0.1, -0.05) is 12.8 Å². The second-order valence-electron chi connectivity index (χ2n) is 5.23. The molecule has 1 fully saturated rings. The smallest absolute Gasteiger partial charge is 0.307 e. The normalized spacial score (nSPS) is 23.9. The molecule has 1 rings (SSSR count). The van der Waals surface area contributed by atoms with E-state index in [2.05, 4.69) is 0 Å². The number of rotatable bonds is 5. The summed E-state index contributed by atoms with van der Waals surface area (Å²) in [4.78, 5) is 24.7. The van der Waals surface area contributed by atoms with E-state index in [4.69, 9.17) is 5.11 Å². The van der Waals surface area contributed by atoms with Gasteiger partial charge in [0.25, 0.3) is 0 Å². The number of hydrogen-bond donors (Lipinski definition) is 1. The SMILES string of the molecule is CN(CCS(C)(=O)=O)C(=O)C1CCCCC1C(=O)O. The first kappa shape index (κ1) is 15.9. The predicted molar refractivity (Wildman–Crippen MR) is 70.4 cm³/mol. The van der Waals surface area contributed by atoms with Gasteiger partial charge in [0, 0.05) is 19.8 Å². The molecule has 1 aliphatic carbocycles.